The number of hydrogen-bond donors (Lipinski definition) is 0. The molecule has 0 radical (unpaired) electrons. The van der Waals surface area contributed by atoms with Crippen LogP contribution in [0.25, 0.3) is 21.5 Å². The van der Waals surface area contributed by atoms with Gasteiger partial charge >= 0.3 is 35.6 Å². The molecule has 0 heterocycles. The van der Waals surface area contributed by atoms with E-state index in [1.54, 1.807) is 0 Å². The first-order chi connectivity index (χ1) is 16.8. The van der Waals surface area contributed by atoms with Gasteiger partial charge < -0.3 is 0 Å². The van der Waals surface area contributed by atoms with Crippen LogP contribution < -0.4 is 15.9 Å². The van der Waals surface area contributed by atoms with Crippen molar-refractivity contribution in [2.24, 2.45) is 0 Å². The molecule has 0 aliphatic carbocycles. The number of rotatable bonds is 3. The fourth-order valence-electron chi connectivity index (χ4n) is 3.93. The van der Waals surface area contributed by atoms with E-state index in [1.165, 1.54) is 37.5 Å². The van der Waals surface area contributed by atoms with E-state index in [9.17, 15) is 0 Å². The van der Waals surface area contributed by atoms with E-state index in [1.807, 2.05) is 0 Å². The third-order valence-electron chi connectivity index (χ3n) is 5.44. The molecule has 0 amide bonds. The van der Waals surface area contributed by atoms with Crippen LogP contribution in [0.4, 0.5) is 0 Å². The van der Waals surface area contributed by atoms with Crippen LogP contribution in [-0.2, 0) is 17.0 Å². The topological polar surface area (TPSA) is 0 Å². The summed E-state index contributed by atoms with van der Waals surface area (Å²) in [5.41, 5.74) is 0. The van der Waals surface area contributed by atoms with Crippen LogP contribution in [0.5, 0.6) is 0 Å². The molecule has 0 fully saturated rings. The van der Waals surface area contributed by atoms with E-state index in [0.717, 1.165) is 0 Å². The van der Waals surface area contributed by atoms with Crippen molar-refractivity contribution < 1.29 is 17.0 Å². The zero-order chi connectivity index (χ0) is 23.6. The smallest absolute Gasteiger partial charge is 0.0166 e. The van der Waals surface area contributed by atoms with Crippen molar-refractivity contribution in [2.45, 2.75) is 0 Å². The largest absolute Gasteiger partial charge is 0.168 e. The van der Waals surface area contributed by atoms with E-state index >= 15 is 0 Å². The molecule has 0 aromatic heterocycles. The fourth-order valence-corrected chi connectivity index (χ4v) is 6.31. The van der Waals surface area contributed by atoms with Gasteiger partial charge in [0.1, 0.15) is 0 Å². The molecule has 34 heavy (non-hydrogen) atoms. The summed E-state index contributed by atoms with van der Waals surface area (Å²) in [5.74, 6) is 0. The zero-order valence-corrected chi connectivity index (χ0v) is 22.5. The van der Waals surface area contributed by atoms with Gasteiger partial charge in [-0.05, 0) is 18.5 Å². The van der Waals surface area contributed by atoms with Crippen LogP contribution in [0.1, 0.15) is 0 Å². The van der Waals surface area contributed by atoms with Crippen LogP contribution in [0.2, 0.25) is 0 Å². The van der Waals surface area contributed by atoms with E-state index in [0.29, 0.717) is 0 Å². The van der Waals surface area contributed by atoms with Gasteiger partial charge in [0.15, 0.2) is 0 Å². The second-order valence-corrected chi connectivity index (χ2v) is 12.4. The predicted octanol–water partition coefficient (Wildman–Crippen LogP) is 8.25. The maximum Gasteiger partial charge on any atom is -0.0166 e. The Morgan fingerprint density at radius 3 is 1.62 bits per heavy atom. The van der Waals surface area contributed by atoms with Crippen molar-refractivity contribution in [1.82, 2.24) is 0 Å². The van der Waals surface area contributed by atoms with E-state index in [4.69, 9.17) is 18.6 Å². The summed E-state index contributed by atoms with van der Waals surface area (Å²) in [6.07, 6.45) is 0. The molecule has 0 saturated heterocycles. The third-order valence-corrected chi connectivity index (χ3v) is 7.84. The van der Waals surface area contributed by atoms with Gasteiger partial charge in [-0.15, -0.1) is 70.0 Å². The van der Waals surface area contributed by atoms with E-state index in [-0.39, 0.29) is 0 Å². The Bertz CT molecular complexity index is 1300. The summed E-state index contributed by atoms with van der Waals surface area (Å²) in [6, 6.07) is 49.7. The first kappa shape index (κ1) is 24.9. The molecule has 4 heteroatoms. The van der Waals surface area contributed by atoms with Crippen molar-refractivity contribution in [1.29, 1.82) is 0 Å². The summed E-state index contributed by atoms with van der Waals surface area (Å²) in [6.45, 7) is 0. The monoisotopic (exact) mass is 532 g/mol. The summed E-state index contributed by atoms with van der Waals surface area (Å²) in [4.78, 5) is 0. The minimum atomic E-state index is -0.556. The first-order valence-electron chi connectivity index (χ1n) is 10.9. The number of benzene rings is 4. The molecule has 6 rings (SSSR count). The summed E-state index contributed by atoms with van der Waals surface area (Å²) < 4.78 is 0. The molecule has 0 atom stereocenters. The van der Waals surface area contributed by atoms with Gasteiger partial charge in [-0.2, -0.15) is 23.6 Å². The van der Waals surface area contributed by atoms with Gasteiger partial charge in [0.2, 0.25) is 0 Å². The summed E-state index contributed by atoms with van der Waals surface area (Å²) in [5, 5.41) is 9.55. The molecule has 0 N–H and O–H groups in total. The Morgan fingerprint density at radius 2 is 1.06 bits per heavy atom. The van der Waals surface area contributed by atoms with Crippen molar-refractivity contribution in [2.75, 3.05) is 0 Å². The van der Waals surface area contributed by atoms with Crippen LogP contribution >= 0.6 is 26.5 Å². The van der Waals surface area contributed by atoms with Crippen molar-refractivity contribution in [3.8, 4) is 0 Å². The standard InChI is InChI=1S/C21H16P.C9H7.2ClH.Ti/c1-3-11-19(12-4-1)22(20-13-5-2-6-14-20)21-15-17-9-7-8-10-18(17)16-21;1-2-5-9-7-3-6-8(9)4-1;;;/h1-16H;1-7H;2*1H;/q2*-1;;;+2/p-2. The molecular weight excluding hydrogens is 510 g/mol. The second-order valence-electron chi connectivity index (χ2n) is 7.58. The van der Waals surface area contributed by atoms with Gasteiger partial charge in [0, 0.05) is 0 Å². The Hall–Kier alpha value is -2.18. The Balaban J connectivity index is 0.000000189. The molecule has 0 bridgehead atoms. The van der Waals surface area contributed by atoms with Gasteiger partial charge in [-0.25, -0.2) is 0 Å². The normalized spacial score (nSPS) is 10.3. The van der Waals surface area contributed by atoms with Crippen LogP contribution in [0, 0.1) is 0 Å². The number of hydrogen-bond acceptors (Lipinski definition) is 0. The average Bonchev–Trinajstić information content (AvgIpc) is 3.53. The first-order valence-corrected chi connectivity index (χ1v) is 16.6. The van der Waals surface area contributed by atoms with Gasteiger partial charge in [0.25, 0.3) is 0 Å². The quantitative estimate of drug-likeness (QED) is 0.122. The average molecular weight is 533 g/mol. The van der Waals surface area contributed by atoms with Gasteiger partial charge in [-0.1, -0.05) is 72.8 Å². The van der Waals surface area contributed by atoms with Gasteiger partial charge in [0.05, 0.1) is 0 Å². The molecular formula is C30H23Cl2PTi-2. The summed E-state index contributed by atoms with van der Waals surface area (Å²) in [7, 11) is 9.28. The van der Waals surface area contributed by atoms with Crippen LogP contribution in [0.3, 0.4) is 0 Å². The zero-order valence-electron chi connectivity index (χ0n) is 18.5. The molecule has 6 aromatic carbocycles. The SMILES string of the molecule is [Cl][Ti][Cl].c1ccc(P(c2ccccc2)c2cc3ccccc3[cH-]2)cc1.c1ccc2[cH-]ccc2c1. The van der Waals surface area contributed by atoms with Crippen molar-refractivity contribution in [3.63, 3.8) is 0 Å². The van der Waals surface area contributed by atoms with Crippen molar-refractivity contribution >= 4 is 64.0 Å². The second kappa shape index (κ2) is 13.1. The Labute approximate surface area is 219 Å². The molecule has 0 aliphatic heterocycles. The molecule has 0 spiro atoms. The molecule has 0 nitrogen and oxygen atoms in total. The molecule has 0 saturated carbocycles. The van der Waals surface area contributed by atoms with E-state index in [2.05, 4.69) is 140 Å². The van der Waals surface area contributed by atoms with Crippen molar-refractivity contribution in [3.05, 3.63) is 140 Å². The maximum atomic E-state index is 4.89. The van der Waals surface area contributed by atoms with Crippen LogP contribution in [-0.4, -0.2) is 0 Å². The molecule has 0 aliphatic rings. The Kier molecular flexibility index (Phi) is 9.58. The number of fused-ring (bicyclic) bond motifs is 2. The van der Waals surface area contributed by atoms with Gasteiger partial charge in [-0.3, -0.25) is 0 Å². The molecule has 0 unspecified atom stereocenters. The summed E-state index contributed by atoms with van der Waals surface area (Å²) >= 11 is -0.556. The Morgan fingerprint density at radius 1 is 0.559 bits per heavy atom. The third kappa shape index (κ3) is 6.48. The van der Waals surface area contributed by atoms with E-state index < -0.39 is 25.0 Å². The molecule has 168 valence electrons. The molecule has 6 aromatic rings. The fraction of sp³-hybridized carbons (Fsp3) is 0. The van der Waals surface area contributed by atoms with Crippen LogP contribution in [0.15, 0.2) is 140 Å². The number of halogens is 2. The minimum Gasteiger partial charge on any atom is -0.168 e. The predicted molar refractivity (Wildman–Crippen MR) is 149 cm³/mol. The maximum absolute atomic E-state index is 4.89. The minimum absolute atomic E-state index is 0.493.